The number of ether oxygens (including phenoxy) is 2. The third-order valence-electron chi connectivity index (χ3n) is 4.02. The molecule has 0 unspecified atom stereocenters. The van der Waals surface area contributed by atoms with Crippen LogP contribution in [0, 0.1) is 6.92 Å². The summed E-state index contributed by atoms with van der Waals surface area (Å²) in [5, 5.41) is 39.4. The summed E-state index contributed by atoms with van der Waals surface area (Å²) in [6.07, 6.45) is -6.85. The van der Waals surface area contributed by atoms with Crippen LogP contribution in [0.15, 0.2) is 33.5 Å². The number of fused-ring (bicyclic) bond motifs is 1. The van der Waals surface area contributed by atoms with E-state index < -0.39 is 42.9 Å². The van der Waals surface area contributed by atoms with E-state index in [0.29, 0.717) is 5.58 Å². The maximum atomic E-state index is 11.5. The molecule has 1 saturated heterocycles. The number of hydrogen-bond acceptors (Lipinski definition) is 8. The average molecular weight is 338 g/mol. The van der Waals surface area contributed by atoms with Crippen molar-refractivity contribution < 1.29 is 34.3 Å². The van der Waals surface area contributed by atoms with Gasteiger partial charge in [0.25, 0.3) is 0 Å². The third-order valence-corrected chi connectivity index (χ3v) is 4.02. The summed E-state index contributed by atoms with van der Waals surface area (Å²) in [6, 6.07) is 6.12. The monoisotopic (exact) mass is 338 g/mol. The van der Waals surface area contributed by atoms with Crippen LogP contribution in [0.2, 0.25) is 0 Å². The van der Waals surface area contributed by atoms with E-state index in [2.05, 4.69) is 0 Å². The Morgan fingerprint density at radius 1 is 1.12 bits per heavy atom. The topological polar surface area (TPSA) is 130 Å². The molecule has 8 heteroatoms. The van der Waals surface area contributed by atoms with Gasteiger partial charge >= 0.3 is 5.63 Å². The lowest BCUT2D eigenvalue weighted by atomic mass is 9.99. The van der Waals surface area contributed by atoms with E-state index >= 15 is 0 Å². The zero-order valence-electron chi connectivity index (χ0n) is 12.8. The van der Waals surface area contributed by atoms with E-state index in [-0.39, 0.29) is 5.75 Å². The minimum atomic E-state index is -1.53. The minimum Gasteiger partial charge on any atom is -0.462 e. The second kappa shape index (κ2) is 6.50. The number of hydrogen-bond donors (Lipinski definition) is 4. The second-order valence-electron chi connectivity index (χ2n) is 5.72. The van der Waals surface area contributed by atoms with E-state index in [1.54, 1.807) is 19.1 Å². The Morgan fingerprint density at radius 3 is 2.58 bits per heavy atom. The number of aliphatic hydroxyl groups is 4. The van der Waals surface area contributed by atoms with Gasteiger partial charge in [-0.15, -0.1) is 0 Å². The molecular weight excluding hydrogens is 320 g/mol. The van der Waals surface area contributed by atoms with Gasteiger partial charge in [0.2, 0.25) is 6.29 Å². The van der Waals surface area contributed by atoms with Gasteiger partial charge in [0.15, 0.2) is 0 Å². The Hall–Kier alpha value is -1.97. The first-order valence-electron chi connectivity index (χ1n) is 7.42. The van der Waals surface area contributed by atoms with Crippen molar-refractivity contribution in [2.75, 3.05) is 6.61 Å². The lowest BCUT2D eigenvalue weighted by Gasteiger charge is -2.39. The van der Waals surface area contributed by atoms with Crippen molar-refractivity contribution in [2.24, 2.45) is 0 Å². The molecule has 0 amide bonds. The molecule has 0 spiro atoms. The lowest BCUT2D eigenvalue weighted by Crippen LogP contribution is -2.60. The first kappa shape index (κ1) is 16.9. The van der Waals surface area contributed by atoms with Crippen LogP contribution in [-0.2, 0) is 4.74 Å². The van der Waals surface area contributed by atoms with Crippen molar-refractivity contribution in [3.63, 3.8) is 0 Å². The highest BCUT2D eigenvalue weighted by Gasteiger charge is 2.44. The van der Waals surface area contributed by atoms with Gasteiger partial charge in [-0.05, 0) is 24.6 Å². The van der Waals surface area contributed by atoms with Gasteiger partial charge in [-0.1, -0.05) is 0 Å². The molecule has 24 heavy (non-hydrogen) atoms. The predicted octanol–water partition coefficient (Wildman–Crippen LogP) is -0.720. The summed E-state index contributed by atoms with van der Waals surface area (Å²) in [5.41, 5.74) is 0.563. The Bertz CT molecular complexity index is 783. The van der Waals surface area contributed by atoms with E-state index in [1.807, 2.05) is 0 Å². The minimum absolute atomic E-state index is 0.237. The second-order valence-corrected chi connectivity index (χ2v) is 5.72. The van der Waals surface area contributed by atoms with Gasteiger partial charge in [0, 0.05) is 17.5 Å². The molecule has 0 saturated carbocycles. The molecule has 5 atom stereocenters. The van der Waals surface area contributed by atoms with Crippen LogP contribution in [0.4, 0.5) is 0 Å². The van der Waals surface area contributed by atoms with Crippen LogP contribution >= 0.6 is 0 Å². The SMILES string of the molecule is Cc1cc(=O)oc2cc(O[C@@H]3O[C@H](CO)[C@H](O)[C@@H](O)[C@H]3O)ccc12. The largest absolute Gasteiger partial charge is 0.462 e. The van der Waals surface area contributed by atoms with Crippen LogP contribution in [0.5, 0.6) is 5.75 Å². The third kappa shape index (κ3) is 3.02. The summed E-state index contributed by atoms with van der Waals surface area (Å²) in [4.78, 5) is 11.5. The summed E-state index contributed by atoms with van der Waals surface area (Å²) in [6.45, 7) is 1.23. The molecule has 0 bridgehead atoms. The Kier molecular flexibility index (Phi) is 4.57. The van der Waals surface area contributed by atoms with Crippen LogP contribution in [0.1, 0.15) is 5.56 Å². The predicted molar refractivity (Wildman–Crippen MR) is 81.6 cm³/mol. The summed E-state index contributed by atoms with van der Waals surface area (Å²) in [5.74, 6) is 0.237. The number of aliphatic hydroxyl groups excluding tert-OH is 4. The maximum absolute atomic E-state index is 11.5. The maximum Gasteiger partial charge on any atom is 0.336 e. The molecule has 1 aromatic heterocycles. The molecule has 1 fully saturated rings. The molecule has 2 aromatic rings. The number of benzene rings is 1. The molecular formula is C16H18O8. The summed E-state index contributed by atoms with van der Waals surface area (Å²) >= 11 is 0. The highest BCUT2D eigenvalue weighted by atomic mass is 16.7. The normalized spacial score (nSPS) is 30.5. The van der Waals surface area contributed by atoms with E-state index in [0.717, 1.165) is 10.9 Å². The highest BCUT2D eigenvalue weighted by Crippen LogP contribution is 2.27. The number of rotatable bonds is 3. The molecule has 1 aromatic carbocycles. The van der Waals surface area contributed by atoms with Crippen LogP contribution in [0.3, 0.4) is 0 Å². The van der Waals surface area contributed by atoms with Crippen LogP contribution < -0.4 is 10.4 Å². The van der Waals surface area contributed by atoms with Crippen molar-refractivity contribution >= 4 is 11.0 Å². The van der Waals surface area contributed by atoms with Gasteiger partial charge < -0.3 is 34.3 Å². The molecule has 8 nitrogen and oxygen atoms in total. The smallest absolute Gasteiger partial charge is 0.336 e. The van der Waals surface area contributed by atoms with E-state index in [1.165, 1.54) is 12.1 Å². The molecule has 3 rings (SSSR count). The highest BCUT2D eigenvalue weighted by molar-refractivity contribution is 5.81. The van der Waals surface area contributed by atoms with Crippen molar-refractivity contribution in [3.05, 3.63) is 40.2 Å². The Balaban J connectivity index is 1.87. The van der Waals surface area contributed by atoms with Gasteiger partial charge in [0.05, 0.1) is 6.61 Å². The average Bonchev–Trinajstić information content (AvgIpc) is 2.55. The lowest BCUT2D eigenvalue weighted by molar-refractivity contribution is -0.277. The zero-order chi connectivity index (χ0) is 17.4. The van der Waals surface area contributed by atoms with Crippen LogP contribution in [0.25, 0.3) is 11.0 Å². The summed E-state index contributed by atoms with van der Waals surface area (Å²) < 4.78 is 15.9. The quantitative estimate of drug-likeness (QED) is 0.540. The van der Waals surface area contributed by atoms with Gasteiger partial charge in [-0.2, -0.15) is 0 Å². The van der Waals surface area contributed by atoms with Gasteiger partial charge in [-0.25, -0.2) is 4.79 Å². The van der Waals surface area contributed by atoms with Crippen molar-refractivity contribution in [1.82, 2.24) is 0 Å². The fourth-order valence-electron chi connectivity index (χ4n) is 2.68. The Morgan fingerprint density at radius 2 is 1.88 bits per heavy atom. The first-order valence-corrected chi connectivity index (χ1v) is 7.42. The molecule has 1 aliphatic heterocycles. The Labute approximate surface area is 136 Å². The van der Waals surface area contributed by atoms with Crippen molar-refractivity contribution in [1.29, 1.82) is 0 Å². The molecule has 0 radical (unpaired) electrons. The fourth-order valence-corrected chi connectivity index (χ4v) is 2.68. The van der Waals surface area contributed by atoms with E-state index in [4.69, 9.17) is 19.0 Å². The van der Waals surface area contributed by atoms with Crippen molar-refractivity contribution in [3.8, 4) is 5.75 Å². The molecule has 2 heterocycles. The fraction of sp³-hybridized carbons (Fsp3) is 0.438. The standard InChI is InChI=1S/C16H18O8/c1-7-4-12(18)23-10-5-8(2-3-9(7)10)22-16-15(21)14(20)13(19)11(6-17)24-16/h2-5,11,13-17,19-21H,6H2,1H3/t11-,13+,14-,15-,16-/m1/s1. The summed E-state index contributed by atoms with van der Waals surface area (Å²) in [7, 11) is 0. The van der Waals surface area contributed by atoms with E-state index in [9.17, 15) is 20.1 Å². The van der Waals surface area contributed by atoms with Gasteiger partial charge in [0.1, 0.15) is 35.7 Å². The molecule has 0 aliphatic carbocycles. The molecule has 4 N–H and O–H groups in total. The number of aryl methyl sites for hydroxylation is 1. The van der Waals surface area contributed by atoms with Crippen molar-refractivity contribution in [2.45, 2.75) is 37.6 Å². The molecule has 1 aliphatic rings. The molecule has 130 valence electrons. The van der Waals surface area contributed by atoms with Crippen LogP contribution in [-0.4, -0.2) is 57.7 Å². The van der Waals surface area contributed by atoms with Gasteiger partial charge in [-0.3, -0.25) is 0 Å². The first-order chi connectivity index (χ1) is 11.4. The zero-order valence-corrected chi connectivity index (χ0v) is 12.8.